The van der Waals surface area contributed by atoms with Gasteiger partial charge in [0.15, 0.2) is 0 Å². The van der Waals surface area contributed by atoms with Crippen LogP contribution in [0.5, 0.6) is 0 Å². The van der Waals surface area contributed by atoms with E-state index in [4.69, 9.17) is 4.74 Å². The lowest BCUT2D eigenvalue weighted by molar-refractivity contribution is -0.119. The highest BCUT2D eigenvalue weighted by Crippen LogP contribution is 2.31. The van der Waals surface area contributed by atoms with Crippen molar-refractivity contribution in [3.63, 3.8) is 0 Å². The summed E-state index contributed by atoms with van der Waals surface area (Å²) in [6.07, 6.45) is 5.09. The molecule has 154 valence electrons. The lowest BCUT2D eigenvalue weighted by atomic mass is 10.0. The summed E-state index contributed by atoms with van der Waals surface area (Å²) >= 11 is 0. The Bertz CT molecular complexity index is 878. The van der Waals surface area contributed by atoms with Gasteiger partial charge in [0.2, 0.25) is 5.91 Å². The van der Waals surface area contributed by atoms with Crippen LogP contribution in [0.4, 0.5) is 20.6 Å². The standard InChI is InChI=1S/C21H25FN4O3/c1-15(27)23-13-18-14-26(21(28)29-18)17-4-5-20(19(22)12-17)25-10-6-16(7-11-25)24-8-2-3-9-24/h2-5,8-9,12,16,18H,6-7,10-11,13-14H2,1H3,(H,23,27)/t18-/m0/s1. The van der Waals surface area contributed by atoms with E-state index < -0.39 is 12.2 Å². The Labute approximate surface area is 169 Å². The van der Waals surface area contributed by atoms with Gasteiger partial charge in [0.1, 0.15) is 11.9 Å². The summed E-state index contributed by atoms with van der Waals surface area (Å²) in [7, 11) is 0. The molecule has 0 bridgehead atoms. The van der Waals surface area contributed by atoms with Gasteiger partial charge < -0.3 is 19.5 Å². The van der Waals surface area contributed by atoms with Crippen molar-refractivity contribution < 1.29 is 18.7 Å². The topological polar surface area (TPSA) is 66.8 Å². The number of benzene rings is 1. The fraction of sp³-hybridized carbons (Fsp3) is 0.429. The molecule has 0 saturated carbocycles. The van der Waals surface area contributed by atoms with Crippen molar-refractivity contribution in [2.45, 2.75) is 31.9 Å². The molecule has 4 rings (SSSR count). The number of hydrogen-bond acceptors (Lipinski definition) is 4. The van der Waals surface area contributed by atoms with Crippen molar-refractivity contribution in [1.82, 2.24) is 9.88 Å². The molecule has 1 aromatic heterocycles. The first kappa shape index (κ1) is 19.3. The molecule has 2 aliphatic heterocycles. The van der Waals surface area contributed by atoms with Crippen LogP contribution in [0.25, 0.3) is 0 Å². The number of nitrogens with one attached hydrogen (secondary N) is 1. The third kappa shape index (κ3) is 4.21. The van der Waals surface area contributed by atoms with Gasteiger partial charge in [-0.1, -0.05) is 0 Å². The van der Waals surface area contributed by atoms with E-state index in [2.05, 4.69) is 27.2 Å². The number of carbonyl (C=O) groups excluding carboxylic acids is 2. The summed E-state index contributed by atoms with van der Waals surface area (Å²) in [6.45, 7) is 3.49. The Morgan fingerprint density at radius 3 is 2.62 bits per heavy atom. The number of aromatic nitrogens is 1. The van der Waals surface area contributed by atoms with Crippen molar-refractivity contribution in [1.29, 1.82) is 0 Å². The van der Waals surface area contributed by atoms with Crippen molar-refractivity contribution in [3.05, 3.63) is 48.5 Å². The Morgan fingerprint density at radius 2 is 1.97 bits per heavy atom. The number of amides is 2. The lowest BCUT2D eigenvalue weighted by Gasteiger charge is -2.34. The molecule has 0 unspecified atom stereocenters. The number of cyclic esters (lactones) is 1. The summed E-state index contributed by atoms with van der Waals surface area (Å²) in [5.41, 5.74) is 1.02. The molecule has 1 N–H and O–H groups in total. The van der Waals surface area contributed by atoms with Gasteiger partial charge in [0.25, 0.3) is 0 Å². The first-order valence-electron chi connectivity index (χ1n) is 9.91. The predicted octanol–water partition coefficient (Wildman–Crippen LogP) is 2.93. The zero-order valence-corrected chi connectivity index (χ0v) is 16.4. The third-order valence-corrected chi connectivity index (χ3v) is 5.55. The average molecular weight is 400 g/mol. The van der Waals surface area contributed by atoms with Crippen LogP contribution in [0, 0.1) is 5.82 Å². The molecule has 2 aromatic rings. The maximum atomic E-state index is 14.9. The molecule has 1 aromatic carbocycles. The van der Waals surface area contributed by atoms with E-state index in [1.165, 1.54) is 17.9 Å². The van der Waals surface area contributed by atoms with Crippen molar-refractivity contribution >= 4 is 23.4 Å². The van der Waals surface area contributed by atoms with E-state index in [1.807, 2.05) is 12.1 Å². The molecule has 8 heteroatoms. The van der Waals surface area contributed by atoms with E-state index in [9.17, 15) is 14.0 Å². The molecule has 7 nitrogen and oxygen atoms in total. The molecule has 0 aliphatic carbocycles. The third-order valence-electron chi connectivity index (χ3n) is 5.55. The number of piperidine rings is 1. The second-order valence-electron chi connectivity index (χ2n) is 7.54. The zero-order chi connectivity index (χ0) is 20.4. The molecule has 2 aliphatic rings. The molecular weight excluding hydrogens is 375 g/mol. The highest BCUT2D eigenvalue weighted by molar-refractivity contribution is 5.90. The summed E-state index contributed by atoms with van der Waals surface area (Å²) in [5, 5.41) is 2.63. The molecule has 1 atom stereocenters. The Morgan fingerprint density at radius 1 is 1.24 bits per heavy atom. The normalized spacial score (nSPS) is 20.1. The number of ether oxygens (including phenoxy) is 1. The van der Waals surface area contributed by atoms with E-state index >= 15 is 0 Å². The number of rotatable bonds is 5. The van der Waals surface area contributed by atoms with Crippen LogP contribution < -0.4 is 15.1 Å². The van der Waals surface area contributed by atoms with E-state index in [1.54, 1.807) is 12.1 Å². The first-order valence-corrected chi connectivity index (χ1v) is 9.91. The number of halogens is 1. The quantitative estimate of drug-likeness (QED) is 0.838. The molecular formula is C21H25FN4O3. The van der Waals surface area contributed by atoms with Gasteiger partial charge >= 0.3 is 6.09 Å². The second-order valence-corrected chi connectivity index (χ2v) is 7.54. The molecule has 2 saturated heterocycles. The van der Waals surface area contributed by atoms with Gasteiger partial charge in [-0.15, -0.1) is 0 Å². The minimum atomic E-state index is -0.528. The van der Waals surface area contributed by atoms with Crippen LogP contribution in [0.1, 0.15) is 25.8 Å². The SMILES string of the molecule is CC(=O)NC[C@H]1CN(c2ccc(N3CCC(n4cccc4)CC3)c(F)c2)C(=O)O1. The molecule has 3 heterocycles. The maximum absolute atomic E-state index is 14.9. The smallest absolute Gasteiger partial charge is 0.414 e. The van der Waals surface area contributed by atoms with Gasteiger partial charge in [-0.3, -0.25) is 9.69 Å². The summed E-state index contributed by atoms with van der Waals surface area (Å²) in [5.74, 6) is -0.532. The first-order chi connectivity index (χ1) is 14.0. The van der Waals surface area contributed by atoms with E-state index in [0.717, 1.165) is 25.9 Å². The summed E-state index contributed by atoms with van der Waals surface area (Å²) < 4.78 is 22.3. The fourth-order valence-corrected chi connectivity index (χ4v) is 4.01. The minimum Gasteiger partial charge on any atom is -0.442 e. The average Bonchev–Trinajstić information content (AvgIpc) is 3.36. The van der Waals surface area contributed by atoms with E-state index in [0.29, 0.717) is 17.4 Å². The monoisotopic (exact) mass is 400 g/mol. The maximum Gasteiger partial charge on any atom is 0.414 e. The van der Waals surface area contributed by atoms with Crippen LogP contribution >= 0.6 is 0 Å². The molecule has 0 radical (unpaired) electrons. The van der Waals surface area contributed by atoms with Crippen LogP contribution in [-0.2, 0) is 9.53 Å². The number of carbonyl (C=O) groups is 2. The van der Waals surface area contributed by atoms with Gasteiger partial charge in [0, 0.05) is 38.4 Å². The van der Waals surface area contributed by atoms with Crippen LogP contribution in [0.3, 0.4) is 0 Å². The second kappa shape index (κ2) is 8.14. The van der Waals surface area contributed by atoms with Gasteiger partial charge in [0.05, 0.1) is 24.5 Å². The molecule has 2 fully saturated rings. The van der Waals surface area contributed by atoms with E-state index in [-0.39, 0.29) is 24.8 Å². The molecule has 2 amide bonds. The summed E-state index contributed by atoms with van der Waals surface area (Å²) in [4.78, 5) is 26.6. The minimum absolute atomic E-state index is 0.185. The van der Waals surface area contributed by atoms with Crippen molar-refractivity contribution in [3.8, 4) is 0 Å². The zero-order valence-electron chi connectivity index (χ0n) is 16.4. The highest BCUT2D eigenvalue weighted by atomic mass is 19.1. The molecule has 0 spiro atoms. The highest BCUT2D eigenvalue weighted by Gasteiger charge is 2.33. The van der Waals surface area contributed by atoms with Crippen LogP contribution in [-0.4, -0.2) is 48.9 Å². The van der Waals surface area contributed by atoms with Crippen LogP contribution in [0.15, 0.2) is 42.7 Å². The Kier molecular flexibility index (Phi) is 5.42. The largest absolute Gasteiger partial charge is 0.442 e. The Hall–Kier alpha value is -3.03. The fourth-order valence-electron chi connectivity index (χ4n) is 4.01. The number of hydrogen-bond donors (Lipinski definition) is 1. The van der Waals surface area contributed by atoms with Crippen molar-refractivity contribution in [2.75, 3.05) is 36.0 Å². The predicted molar refractivity (Wildman–Crippen MR) is 108 cm³/mol. The summed E-state index contributed by atoms with van der Waals surface area (Å²) in [6, 6.07) is 9.36. The number of nitrogens with zero attached hydrogens (tertiary/aromatic N) is 3. The molecule has 29 heavy (non-hydrogen) atoms. The lowest BCUT2D eigenvalue weighted by Crippen LogP contribution is -2.35. The Balaban J connectivity index is 1.39. The number of anilines is 2. The van der Waals surface area contributed by atoms with Crippen LogP contribution in [0.2, 0.25) is 0 Å². The van der Waals surface area contributed by atoms with Crippen molar-refractivity contribution in [2.24, 2.45) is 0 Å². The van der Waals surface area contributed by atoms with Gasteiger partial charge in [-0.25, -0.2) is 9.18 Å². The van der Waals surface area contributed by atoms with Gasteiger partial charge in [-0.2, -0.15) is 0 Å². The van der Waals surface area contributed by atoms with Gasteiger partial charge in [-0.05, 0) is 43.2 Å².